The monoisotopic (exact) mass is 338 g/mol. The molecule has 1 aliphatic rings. The van der Waals surface area contributed by atoms with Gasteiger partial charge in [0, 0.05) is 17.7 Å². The first-order valence-corrected chi connectivity index (χ1v) is 9.08. The van der Waals surface area contributed by atoms with Crippen LogP contribution in [-0.2, 0) is 6.61 Å². The molecule has 3 rings (SSSR count). The third-order valence-electron chi connectivity index (χ3n) is 4.78. The van der Waals surface area contributed by atoms with Crippen LogP contribution in [0.25, 0.3) is 0 Å². The molecule has 4 nitrogen and oxygen atoms in total. The van der Waals surface area contributed by atoms with Crippen LogP contribution in [0.2, 0.25) is 0 Å². The molecule has 132 valence electrons. The summed E-state index contributed by atoms with van der Waals surface area (Å²) in [6.07, 6.45) is 0.934. The molecular weight excluding hydrogens is 312 g/mol. The van der Waals surface area contributed by atoms with Crippen LogP contribution in [0.15, 0.2) is 48.5 Å². The quantitative estimate of drug-likeness (QED) is 0.799. The predicted octanol–water partition coefficient (Wildman–Crippen LogP) is 3.96. The molecule has 0 radical (unpaired) electrons. The summed E-state index contributed by atoms with van der Waals surface area (Å²) in [6, 6.07) is 15.5. The van der Waals surface area contributed by atoms with Crippen molar-refractivity contribution in [3.05, 3.63) is 59.7 Å². The van der Waals surface area contributed by atoms with Crippen LogP contribution in [0.4, 0.5) is 5.69 Å². The third kappa shape index (κ3) is 3.85. The van der Waals surface area contributed by atoms with Gasteiger partial charge in [-0.1, -0.05) is 44.2 Å². The van der Waals surface area contributed by atoms with Gasteiger partial charge in [-0.25, -0.2) is 0 Å². The summed E-state index contributed by atoms with van der Waals surface area (Å²) >= 11 is 0. The van der Waals surface area contributed by atoms with Gasteiger partial charge >= 0.3 is 0 Å². The van der Waals surface area contributed by atoms with E-state index in [4.69, 9.17) is 4.74 Å². The first-order valence-electron chi connectivity index (χ1n) is 9.08. The summed E-state index contributed by atoms with van der Waals surface area (Å²) in [5, 5.41) is 0. The van der Waals surface area contributed by atoms with Crippen LogP contribution in [0.5, 0.6) is 5.75 Å². The lowest BCUT2D eigenvalue weighted by Crippen LogP contribution is -2.36. The SMILES string of the molecule is CCN(CC)CCCN1C(=O)c2ccccc2COc2ccccc21. The number of ether oxygens (including phenoxy) is 1. The number of para-hydroxylation sites is 2. The Bertz CT molecular complexity index is 725. The number of rotatable bonds is 6. The van der Waals surface area contributed by atoms with Gasteiger partial charge in [0.1, 0.15) is 12.4 Å². The van der Waals surface area contributed by atoms with Crippen molar-refractivity contribution in [3.63, 3.8) is 0 Å². The Morgan fingerprint density at radius 3 is 2.56 bits per heavy atom. The number of hydrogen-bond donors (Lipinski definition) is 0. The lowest BCUT2D eigenvalue weighted by atomic mass is 10.0. The summed E-state index contributed by atoms with van der Waals surface area (Å²) in [6.45, 7) is 8.51. The van der Waals surface area contributed by atoms with Crippen molar-refractivity contribution in [2.45, 2.75) is 26.9 Å². The molecule has 0 N–H and O–H groups in total. The zero-order valence-corrected chi connectivity index (χ0v) is 15.1. The van der Waals surface area contributed by atoms with Gasteiger partial charge in [-0.05, 0) is 44.3 Å². The maximum atomic E-state index is 13.2. The van der Waals surface area contributed by atoms with Gasteiger partial charge in [-0.3, -0.25) is 4.79 Å². The highest BCUT2D eigenvalue weighted by atomic mass is 16.5. The summed E-state index contributed by atoms with van der Waals surface area (Å²) in [7, 11) is 0. The van der Waals surface area contributed by atoms with Crippen molar-refractivity contribution in [1.82, 2.24) is 4.90 Å². The van der Waals surface area contributed by atoms with Gasteiger partial charge < -0.3 is 14.5 Å². The molecule has 4 heteroatoms. The Kier molecular flexibility index (Phi) is 5.71. The van der Waals surface area contributed by atoms with Crippen LogP contribution in [0.1, 0.15) is 36.2 Å². The van der Waals surface area contributed by atoms with Crippen LogP contribution in [0, 0.1) is 0 Å². The molecule has 0 saturated carbocycles. The summed E-state index contributed by atoms with van der Waals surface area (Å²) in [5.74, 6) is 0.832. The van der Waals surface area contributed by atoms with Crippen LogP contribution < -0.4 is 9.64 Å². The minimum absolute atomic E-state index is 0.0610. The highest BCUT2D eigenvalue weighted by molar-refractivity contribution is 6.08. The zero-order chi connectivity index (χ0) is 17.6. The van der Waals surface area contributed by atoms with Gasteiger partial charge in [-0.15, -0.1) is 0 Å². The molecule has 0 fully saturated rings. The lowest BCUT2D eigenvalue weighted by molar-refractivity contribution is 0.0979. The Hall–Kier alpha value is -2.33. The molecule has 1 aliphatic heterocycles. The number of carbonyl (C=O) groups excluding carboxylic acids is 1. The number of fused-ring (bicyclic) bond motifs is 2. The van der Waals surface area contributed by atoms with Gasteiger partial charge in [-0.2, -0.15) is 0 Å². The maximum Gasteiger partial charge on any atom is 0.258 e. The molecule has 25 heavy (non-hydrogen) atoms. The number of amides is 1. The highest BCUT2D eigenvalue weighted by Gasteiger charge is 2.25. The number of nitrogens with zero attached hydrogens (tertiary/aromatic N) is 2. The Balaban J connectivity index is 1.88. The van der Waals surface area contributed by atoms with Crippen molar-refractivity contribution in [2.24, 2.45) is 0 Å². The molecular formula is C21H26N2O2. The van der Waals surface area contributed by atoms with E-state index in [1.54, 1.807) is 0 Å². The number of anilines is 1. The Morgan fingerprint density at radius 1 is 1.04 bits per heavy atom. The minimum atomic E-state index is 0.0610. The molecule has 0 aromatic heterocycles. The molecule has 0 unspecified atom stereocenters. The molecule has 1 amide bonds. The minimum Gasteiger partial charge on any atom is -0.487 e. The molecule has 0 atom stereocenters. The molecule has 0 saturated heterocycles. The molecule has 0 aliphatic carbocycles. The normalized spacial score (nSPS) is 13.7. The standard InChI is InChI=1S/C21H26N2O2/c1-3-22(4-2)14-9-15-23-19-12-7-8-13-20(19)25-16-17-10-5-6-11-18(17)21(23)24/h5-8,10-13H,3-4,9,14-16H2,1-2H3. The second-order valence-corrected chi connectivity index (χ2v) is 6.25. The van der Waals surface area contributed by atoms with E-state index < -0.39 is 0 Å². The second kappa shape index (κ2) is 8.17. The first-order chi connectivity index (χ1) is 12.2. The highest BCUT2D eigenvalue weighted by Crippen LogP contribution is 2.32. The smallest absolute Gasteiger partial charge is 0.258 e. The van der Waals surface area contributed by atoms with E-state index in [2.05, 4.69) is 18.7 Å². The van der Waals surface area contributed by atoms with Crippen molar-refractivity contribution >= 4 is 11.6 Å². The van der Waals surface area contributed by atoms with Gasteiger partial charge in [0.25, 0.3) is 5.91 Å². The average Bonchev–Trinajstić information content (AvgIpc) is 2.66. The van der Waals surface area contributed by atoms with E-state index in [1.807, 2.05) is 53.4 Å². The van der Waals surface area contributed by atoms with Gasteiger partial charge in [0.15, 0.2) is 0 Å². The molecule has 0 bridgehead atoms. The largest absolute Gasteiger partial charge is 0.487 e. The Labute approximate surface area is 150 Å². The van der Waals surface area contributed by atoms with Crippen molar-refractivity contribution in [3.8, 4) is 5.75 Å². The van der Waals surface area contributed by atoms with Crippen LogP contribution >= 0.6 is 0 Å². The second-order valence-electron chi connectivity index (χ2n) is 6.25. The molecule has 2 aromatic carbocycles. The molecule has 2 aromatic rings. The van der Waals surface area contributed by atoms with Crippen molar-refractivity contribution < 1.29 is 9.53 Å². The number of hydrogen-bond acceptors (Lipinski definition) is 3. The fourth-order valence-corrected chi connectivity index (χ4v) is 3.28. The fraction of sp³-hybridized carbons (Fsp3) is 0.381. The van der Waals surface area contributed by atoms with E-state index in [9.17, 15) is 4.79 Å². The van der Waals surface area contributed by atoms with E-state index in [0.717, 1.165) is 48.6 Å². The van der Waals surface area contributed by atoms with Gasteiger partial charge in [0.2, 0.25) is 0 Å². The fourth-order valence-electron chi connectivity index (χ4n) is 3.28. The Morgan fingerprint density at radius 2 is 1.76 bits per heavy atom. The van der Waals surface area contributed by atoms with Crippen molar-refractivity contribution in [2.75, 3.05) is 31.1 Å². The van der Waals surface area contributed by atoms with E-state index in [-0.39, 0.29) is 5.91 Å². The lowest BCUT2D eigenvalue weighted by Gasteiger charge is -2.29. The zero-order valence-electron chi connectivity index (χ0n) is 15.1. The molecule has 0 spiro atoms. The van der Waals surface area contributed by atoms with E-state index in [1.165, 1.54) is 0 Å². The van der Waals surface area contributed by atoms with E-state index in [0.29, 0.717) is 13.2 Å². The predicted molar refractivity (Wildman–Crippen MR) is 101 cm³/mol. The topological polar surface area (TPSA) is 32.8 Å². The van der Waals surface area contributed by atoms with E-state index >= 15 is 0 Å². The molecule has 1 heterocycles. The average molecular weight is 338 g/mol. The summed E-state index contributed by atoms with van der Waals surface area (Å²) < 4.78 is 6.00. The number of carbonyl (C=O) groups is 1. The summed E-state index contributed by atoms with van der Waals surface area (Å²) in [4.78, 5) is 17.5. The van der Waals surface area contributed by atoms with Crippen LogP contribution in [0.3, 0.4) is 0 Å². The maximum absolute atomic E-state index is 13.2. The van der Waals surface area contributed by atoms with Crippen molar-refractivity contribution in [1.29, 1.82) is 0 Å². The first kappa shape index (κ1) is 17.5. The number of benzene rings is 2. The van der Waals surface area contributed by atoms with Crippen LogP contribution in [-0.4, -0.2) is 37.0 Å². The van der Waals surface area contributed by atoms with Gasteiger partial charge in [0.05, 0.1) is 5.69 Å². The third-order valence-corrected chi connectivity index (χ3v) is 4.78. The summed E-state index contributed by atoms with van der Waals surface area (Å²) in [5.41, 5.74) is 2.54.